The van der Waals surface area contributed by atoms with Gasteiger partial charge in [-0.25, -0.2) is 9.97 Å². The summed E-state index contributed by atoms with van der Waals surface area (Å²) in [6, 6.07) is 7.31. The molecule has 0 spiro atoms. The topological polar surface area (TPSA) is 25.8 Å². The second-order valence-electron chi connectivity index (χ2n) is 2.84. The van der Waals surface area contributed by atoms with Gasteiger partial charge in [-0.2, -0.15) is 0 Å². The molecule has 0 saturated heterocycles. The van der Waals surface area contributed by atoms with Crippen molar-refractivity contribution < 1.29 is 0 Å². The lowest BCUT2D eigenvalue weighted by Crippen LogP contribution is -1.89. The summed E-state index contributed by atoms with van der Waals surface area (Å²) in [6.45, 7) is 0. The minimum absolute atomic E-state index is 0.389. The number of aromatic nitrogens is 2. The first-order valence-corrected chi connectivity index (χ1v) is 5.65. The second-order valence-corrected chi connectivity index (χ2v) is 4.49. The summed E-state index contributed by atoms with van der Waals surface area (Å²) in [7, 11) is 0. The van der Waals surface area contributed by atoms with Crippen molar-refractivity contribution in [1.29, 1.82) is 0 Å². The first kappa shape index (κ1) is 10.9. The van der Waals surface area contributed by atoms with Crippen molar-refractivity contribution in [2.75, 3.05) is 0 Å². The van der Waals surface area contributed by atoms with Gasteiger partial charge >= 0.3 is 0 Å². The summed E-state index contributed by atoms with van der Waals surface area (Å²) in [6.07, 6.45) is 1.62. The molecule has 0 fully saturated rings. The van der Waals surface area contributed by atoms with Crippen LogP contribution >= 0.6 is 39.1 Å². The van der Waals surface area contributed by atoms with Crippen LogP contribution in [0, 0.1) is 0 Å². The standard InChI is InChI=1S/C10H5BrCl2N2/c11-8-5-14-10(15-9(8)13)6-2-1-3-7(12)4-6/h1-5H. The molecule has 0 aliphatic carbocycles. The van der Waals surface area contributed by atoms with Crippen LogP contribution in [0.1, 0.15) is 0 Å². The highest BCUT2D eigenvalue weighted by atomic mass is 79.9. The maximum Gasteiger partial charge on any atom is 0.160 e. The van der Waals surface area contributed by atoms with Crippen LogP contribution in [0.5, 0.6) is 0 Å². The smallest absolute Gasteiger partial charge is 0.160 e. The van der Waals surface area contributed by atoms with Crippen LogP contribution in [0.25, 0.3) is 11.4 Å². The van der Waals surface area contributed by atoms with Crippen LogP contribution < -0.4 is 0 Å². The Bertz CT molecular complexity index is 503. The van der Waals surface area contributed by atoms with Gasteiger partial charge < -0.3 is 0 Å². The van der Waals surface area contributed by atoms with E-state index in [1.165, 1.54) is 0 Å². The minimum Gasteiger partial charge on any atom is -0.235 e. The van der Waals surface area contributed by atoms with Gasteiger partial charge in [0, 0.05) is 16.8 Å². The Balaban J connectivity index is 2.50. The monoisotopic (exact) mass is 302 g/mol. The number of benzene rings is 1. The molecule has 0 amide bonds. The third-order valence-corrected chi connectivity index (χ3v) is 3.12. The van der Waals surface area contributed by atoms with Gasteiger partial charge in [0.15, 0.2) is 5.82 Å². The Morgan fingerprint density at radius 1 is 1.20 bits per heavy atom. The van der Waals surface area contributed by atoms with E-state index in [0.29, 0.717) is 20.5 Å². The van der Waals surface area contributed by atoms with Gasteiger partial charge in [-0.05, 0) is 28.1 Å². The fourth-order valence-corrected chi connectivity index (χ4v) is 1.62. The Kier molecular flexibility index (Phi) is 3.24. The van der Waals surface area contributed by atoms with E-state index in [2.05, 4.69) is 25.9 Å². The largest absolute Gasteiger partial charge is 0.235 e. The average molecular weight is 304 g/mol. The average Bonchev–Trinajstić information content (AvgIpc) is 2.22. The van der Waals surface area contributed by atoms with Crippen molar-refractivity contribution >= 4 is 39.1 Å². The number of hydrogen-bond donors (Lipinski definition) is 0. The molecule has 2 rings (SSSR count). The van der Waals surface area contributed by atoms with Gasteiger partial charge in [0.25, 0.3) is 0 Å². The Morgan fingerprint density at radius 2 is 2.00 bits per heavy atom. The zero-order chi connectivity index (χ0) is 10.8. The molecule has 0 aliphatic rings. The summed E-state index contributed by atoms with van der Waals surface area (Å²) in [4.78, 5) is 8.28. The minimum atomic E-state index is 0.389. The van der Waals surface area contributed by atoms with E-state index in [0.717, 1.165) is 5.56 Å². The van der Waals surface area contributed by atoms with Crippen LogP contribution in [0.4, 0.5) is 0 Å². The number of hydrogen-bond acceptors (Lipinski definition) is 2. The van der Waals surface area contributed by atoms with Gasteiger partial charge in [-0.15, -0.1) is 0 Å². The van der Waals surface area contributed by atoms with Crippen molar-refractivity contribution in [3.05, 3.63) is 45.1 Å². The second kappa shape index (κ2) is 4.47. The molecule has 0 radical (unpaired) electrons. The highest BCUT2D eigenvalue weighted by Crippen LogP contribution is 2.24. The lowest BCUT2D eigenvalue weighted by atomic mass is 10.2. The summed E-state index contributed by atoms with van der Waals surface area (Å²) < 4.78 is 0.676. The number of nitrogens with zero attached hydrogens (tertiary/aromatic N) is 2. The van der Waals surface area contributed by atoms with Crippen molar-refractivity contribution in [3.8, 4) is 11.4 Å². The molecule has 0 bridgehead atoms. The maximum atomic E-state index is 5.87. The molecule has 0 unspecified atom stereocenters. The predicted octanol–water partition coefficient (Wildman–Crippen LogP) is 4.21. The lowest BCUT2D eigenvalue weighted by molar-refractivity contribution is 1.16. The molecule has 2 aromatic rings. The molecule has 76 valence electrons. The van der Waals surface area contributed by atoms with Gasteiger partial charge in [0.05, 0.1) is 4.47 Å². The molecular formula is C10H5BrCl2N2. The molecule has 1 heterocycles. The van der Waals surface area contributed by atoms with Gasteiger partial charge in [0.2, 0.25) is 0 Å². The summed E-state index contributed by atoms with van der Waals surface area (Å²) in [5.74, 6) is 0.561. The van der Waals surface area contributed by atoms with Crippen LogP contribution in [-0.4, -0.2) is 9.97 Å². The molecule has 0 atom stereocenters. The Hall–Kier alpha value is -0.640. The van der Waals surface area contributed by atoms with Crippen LogP contribution in [0.3, 0.4) is 0 Å². The van der Waals surface area contributed by atoms with Crippen molar-refractivity contribution in [2.24, 2.45) is 0 Å². The van der Waals surface area contributed by atoms with E-state index in [9.17, 15) is 0 Å². The molecule has 1 aromatic heterocycles. The van der Waals surface area contributed by atoms with Crippen molar-refractivity contribution in [2.45, 2.75) is 0 Å². The van der Waals surface area contributed by atoms with Gasteiger partial charge in [0.1, 0.15) is 5.15 Å². The molecule has 5 heteroatoms. The van der Waals surface area contributed by atoms with Crippen LogP contribution in [0.15, 0.2) is 34.9 Å². The number of halogens is 3. The third-order valence-electron chi connectivity index (χ3n) is 1.78. The summed E-state index contributed by atoms with van der Waals surface area (Å²) in [5, 5.41) is 1.04. The zero-order valence-electron chi connectivity index (χ0n) is 7.42. The zero-order valence-corrected chi connectivity index (χ0v) is 10.5. The first-order valence-electron chi connectivity index (χ1n) is 4.11. The highest BCUT2D eigenvalue weighted by Gasteiger charge is 2.05. The fraction of sp³-hybridized carbons (Fsp3) is 0. The SMILES string of the molecule is Clc1cccc(-c2ncc(Br)c(Cl)n2)c1. The normalized spacial score (nSPS) is 10.3. The van der Waals surface area contributed by atoms with E-state index >= 15 is 0 Å². The van der Waals surface area contributed by atoms with E-state index in [1.807, 2.05) is 12.1 Å². The molecule has 15 heavy (non-hydrogen) atoms. The van der Waals surface area contributed by atoms with Crippen molar-refractivity contribution in [3.63, 3.8) is 0 Å². The van der Waals surface area contributed by atoms with E-state index in [4.69, 9.17) is 23.2 Å². The van der Waals surface area contributed by atoms with Crippen molar-refractivity contribution in [1.82, 2.24) is 9.97 Å². The van der Waals surface area contributed by atoms with E-state index in [1.54, 1.807) is 18.3 Å². The molecule has 1 aromatic carbocycles. The highest BCUT2D eigenvalue weighted by molar-refractivity contribution is 9.10. The van der Waals surface area contributed by atoms with Crippen LogP contribution in [-0.2, 0) is 0 Å². The van der Waals surface area contributed by atoms with Gasteiger partial charge in [-0.3, -0.25) is 0 Å². The summed E-state index contributed by atoms with van der Waals surface area (Å²) >= 11 is 15.0. The van der Waals surface area contributed by atoms with Crippen LogP contribution in [0.2, 0.25) is 10.2 Å². The Morgan fingerprint density at radius 3 is 2.67 bits per heavy atom. The van der Waals surface area contributed by atoms with Gasteiger partial charge in [-0.1, -0.05) is 35.3 Å². The quantitative estimate of drug-likeness (QED) is 0.737. The molecule has 0 aliphatic heterocycles. The summed E-state index contributed by atoms with van der Waals surface area (Å²) in [5.41, 5.74) is 0.844. The maximum absolute atomic E-state index is 5.87. The number of rotatable bonds is 1. The first-order chi connectivity index (χ1) is 7.16. The molecular weight excluding hydrogens is 299 g/mol. The molecule has 0 N–H and O–H groups in total. The molecule has 0 saturated carbocycles. The molecule has 2 nitrogen and oxygen atoms in total. The Labute approximate surface area is 105 Å². The van der Waals surface area contributed by atoms with E-state index in [-0.39, 0.29) is 0 Å². The third kappa shape index (κ3) is 2.48. The lowest BCUT2D eigenvalue weighted by Gasteiger charge is -2.01. The fourth-order valence-electron chi connectivity index (χ4n) is 1.11. The van der Waals surface area contributed by atoms with E-state index < -0.39 is 0 Å². The predicted molar refractivity (Wildman–Crippen MR) is 65.2 cm³/mol.